The van der Waals surface area contributed by atoms with Gasteiger partial charge in [-0.05, 0) is 12.8 Å². The van der Waals surface area contributed by atoms with Crippen molar-refractivity contribution in [2.45, 2.75) is 25.3 Å². The average Bonchev–Trinajstić information content (AvgIpc) is 2.06. The molecule has 1 saturated heterocycles. The van der Waals surface area contributed by atoms with Crippen LogP contribution in [0.1, 0.15) is 19.3 Å². The highest BCUT2D eigenvalue weighted by Gasteiger charge is 2.15. The van der Waals surface area contributed by atoms with Crippen LogP contribution in [0.4, 0.5) is 0 Å². The number of amides is 1. The summed E-state index contributed by atoms with van der Waals surface area (Å²) in [6.45, 7) is 1.89. The number of nitrogens with one attached hydrogen (secondary N) is 1. The van der Waals surface area contributed by atoms with Crippen molar-refractivity contribution < 1.29 is 9.53 Å². The second-order valence-electron chi connectivity index (χ2n) is 3.02. The fourth-order valence-corrected chi connectivity index (χ4v) is 1.29. The molecule has 0 saturated carbocycles. The molecule has 4 heteroatoms. The van der Waals surface area contributed by atoms with Gasteiger partial charge in [-0.2, -0.15) is 0 Å². The van der Waals surface area contributed by atoms with Gasteiger partial charge in [0.25, 0.3) is 0 Å². The molecule has 1 atom stereocenters. The first kappa shape index (κ1) is 9.48. The molecule has 1 heterocycles. The van der Waals surface area contributed by atoms with E-state index >= 15 is 0 Å². The first-order valence-electron chi connectivity index (χ1n) is 4.40. The zero-order chi connectivity index (χ0) is 8.81. The summed E-state index contributed by atoms with van der Waals surface area (Å²) >= 11 is 0. The Balaban J connectivity index is 2.15. The van der Waals surface area contributed by atoms with Gasteiger partial charge < -0.3 is 15.8 Å². The Morgan fingerprint density at radius 3 is 3.08 bits per heavy atom. The van der Waals surface area contributed by atoms with E-state index in [9.17, 15) is 4.79 Å². The number of hydrogen-bond acceptors (Lipinski definition) is 3. The van der Waals surface area contributed by atoms with Crippen LogP contribution in [0.5, 0.6) is 0 Å². The van der Waals surface area contributed by atoms with Crippen molar-refractivity contribution in [1.82, 2.24) is 5.32 Å². The van der Waals surface area contributed by atoms with Crippen molar-refractivity contribution in [2.24, 2.45) is 5.73 Å². The van der Waals surface area contributed by atoms with Gasteiger partial charge in [-0.1, -0.05) is 0 Å². The molecule has 70 valence electrons. The molecule has 12 heavy (non-hydrogen) atoms. The minimum Gasteiger partial charge on any atom is -0.379 e. The van der Waals surface area contributed by atoms with E-state index in [1.54, 1.807) is 0 Å². The van der Waals surface area contributed by atoms with Crippen LogP contribution >= 0.6 is 0 Å². The third-order valence-electron chi connectivity index (χ3n) is 1.90. The van der Waals surface area contributed by atoms with Gasteiger partial charge in [0.1, 0.15) is 0 Å². The summed E-state index contributed by atoms with van der Waals surface area (Å²) in [5.74, 6) is 0.0352. The highest BCUT2D eigenvalue weighted by atomic mass is 16.5. The Morgan fingerprint density at radius 1 is 1.67 bits per heavy atom. The Labute approximate surface area is 72.5 Å². The minimum atomic E-state index is 0.0352. The number of nitrogens with two attached hydrogens (primary N) is 1. The van der Waals surface area contributed by atoms with Crippen LogP contribution in [0.15, 0.2) is 0 Å². The molecular weight excluding hydrogens is 156 g/mol. The van der Waals surface area contributed by atoms with E-state index in [0.717, 1.165) is 19.4 Å². The van der Waals surface area contributed by atoms with Crippen LogP contribution in [0, 0.1) is 0 Å². The Morgan fingerprint density at radius 2 is 2.50 bits per heavy atom. The molecular formula is C8H16N2O2. The van der Waals surface area contributed by atoms with Gasteiger partial charge in [0.2, 0.25) is 5.91 Å². The number of rotatable bonds is 3. The molecule has 0 aromatic heterocycles. The van der Waals surface area contributed by atoms with Crippen LogP contribution < -0.4 is 11.1 Å². The highest BCUT2D eigenvalue weighted by Crippen LogP contribution is 2.05. The predicted octanol–water partition coefficient (Wildman–Crippen LogP) is -0.370. The predicted molar refractivity (Wildman–Crippen MR) is 45.7 cm³/mol. The molecule has 1 amide bonds. The lowest BCUT2D eigenvalue weighted by Gasteiger charge is -2.22. The summed E-state index contributed by atoms with van der Waals surface area (Å²) in [4.78, 5) is 11.1. The SMILES string of the molecule is NCCC(=O)NC1CCCOC1. The first-order valence-corrected chi connectivity index (χ1v) is 4.40. The van der Waals surface area contributed by atoms with Crippen molar-refractivity contribution in [2.75, 3.05) is 19.8 Å². The number of carbonyl (C=O) groups is 1. The van der Waals surface area contributed by atoms with Crippen LogP contribution in [0.3, 0.4) is 0 Å². The number of ether oxygens (including phenoxy) is 1. The summed E-state index contributed by atoms with van der Waals surface area (Å²) in [6.07, 6.45) is 2.47. The maximum atomic E-state index is 11.1. The lowest BCUT2D eigenvalue weighted by molar-refractivity contribution is -0.122. The van der Waals surface area contributed by atoms with Gasteiger partial charge in [0, 0.05) is 19.6 Å². The van der Waals surface area contributed by atoms with Crippen LogP contribution in [0.2, 0.25) is 0 Å². The zero-order valence-electron chi connectivity index (χ0n) is 7.21. The molecule has 0 bridgehead atoms. The van der Waals surface area contributed by atoms with Crippen LogP contribution in [-0.2, 0) is 9.53 Å². The third-order valence-corrected chi connectivity index (χ3v) is 1.90. The molecule has 1 fully saturated rings. The minimum absolute atomic E-state index is 0.0352. The van der Waals surface area contributed by atoms with Gasteiger partial charge in [-0.15, -0.1) is 0 Å². The largest absolute Gasteiger partial charge is 0.379 e. The smallest absolute Gasteiger partial charge is 0.221 e. The topological polar surface area (TPSA) is 64.4 Å². The first-order chi connectivity index (χ1) is 5.83. The lowest BCUT2D eigenvalue weighted by atomic mass is 10.1. The zero-order valence-corrected chi connectivity index (χ0v) is 7.21. The Kier molecular flexibility index (Phi) is 4.04. The second-order valence-corrected chi connectivity index (χ2v) is 3.02. The van der Waals surface area contributed by atoms with E-state index in [0.29, 0.717) is 19.6 Å². The van der Waals surface area contributed by atoms with E-state index in [2.05, 4.69) is 5.32 Å². The maximum Gasteiger partial charge on any atom is 0.221 e. The monoisotopic (exact) mass is 172 g/mol. The van der Waals surface area contributed by atoms with Gasteiger partial charge in [0.05, 0.1) is 12.6 Å². The van der Waals surface area contributed by atoms with Crippen molar-refractivity contribution in [1.29, 1.82) is 0 Å². The molecule has 0 aromatic rings. The fraction of sp³-hybridized carbons (Fsp3) is 0.875. The molecule has 1 aliphatic heterocycles. The molecule has 0 aliphatic carbocycles. The fourth-order valence-electron chi connectivity index (χ4n) is 1.29. The van der Waals surface area contributed by atoms with Gasteiger partial charge in [-0.25, -0.2) is 0 Å². The number of carbonyl (C=O) groups excluding carboxylic acids is 1. The standard InChI is InChI=1S/C8H16N2O2/c9-4-3-8(11)10-7-2-1-5-12-6-7/h7H,1-6,9H2,(H,10,11). The summed E-state index contributed by atoms with van der Waals surface area (Å²) in [6, 6.07) is 0.206. The quantitative estimate of drug-likeness (QED) is 0.610. The molecule has 0 radical (unpaired) electrons. The molecule has 1 rings (SSSR count). The summed E-state index contributed by atoms with van der Waals surface area (Å²) in [7, 11) is 0. The average molecular weight is 172 g/mol. The van der Waals surface area contributed by atoms with Crippen molar-refractivity contribution >= 4 is 5.91 Å². The second kappa shape index (κ2) is 5.11. The molecule has 0 aromatic carbocycles. The van der Waals surface area contributed by atoms with Crippen molar-refractivity contribution in [3.8, 4) is 0 Å². The van der Waals surface area contributed by atoms with Crippen molar-refractivity contribution in [3.63, 3.8) is 0 Å². The Bertz CT molecular complexity index is 144. The highest BCUT2D eigenvalue weighted by molar-refractivity contribution is 5.76. The summed E-state index contributed by atoms with van der Waals surface area (Å²) in [5, 5.41) is 2.88. The molecule has 0 spiro atoms. The molecule has 1 unspecified atom stereocenters. The third kappa shape index (κ3) is 3.19. The van der Waals surface area contributed by atoms with E-state index < -0.39 is 0 Å². The van der Waals surface area contributed by atoms with Crippen LogP contribution in [0.25, 0.3) is 0 Å². The number of hydrogen-bond donors (Lipinski definition) is 2. The van der Waals surface area contributed by atoms with Gasteiger partial charge >= 0.3 is 0 Å². The van der Waals surface area contributed by atoms with Crippen LogP contribution in [-0.4, -0.2) is 31.7 Å². The van der Waals surface area contributed by atoms with E-state index in [1.165, 1.54) is 0 Å². The molecule has 1 aliphatic rings. The van der Waals surface area contributed by atoms with E-state index in [1.807, 2.05) is 0 Å². The van der Waals surface area contributed by atoms with E-state index in [-0.39, 0.29) is 11.9 Å². The molecule has 3 N–H and O–H groups in total. The normalized spacial score (nSPS) is 23.6. The van der Waals surface area contributed by atoms with E-state index in [4.69, 9.17) is 10.5 Å². The summed E-state index contributed by atoms with van der Waals surface area (Å²) < 4.78 is 5.22. The van der Waals surface area contributed by atoms with Gasteiger partial charge in [0.15, 0.2) is 0 Å². The van der Waals surface area contributed by atoms with Gasteiger partial charge in [-0.3, -0.25) is 4.79 Å². The summed E-state index contributed by atoms with van der Waals surface area (Å²) in [5.41, 5.74) is 5.24. The lowest BCUT2D eigenvalue weighted by Crippen LogP contribution is -2.41. The maximum absolute atomic E-state index is 11.1. The Hall–Kier alpha value is -0.610. The van der Waals surface area contributed by atoms with Crippen molar-refractivity contribution in [3.05, 3.63) is 0 Å². The molecule has 4 nitrogen and oxygen atoms in total.